The molecule has 2 aromatic rings. The molecule has 0 spiro atoms. The van der Waals surface area contributed by atoms with E-state index in [4.69, 9.17) is 10.9 Å². The molecule has 21 heavy (non-hydrogen) atoms. The van der Waals surface area contributed by atoms with E-state index in [0.29, 0.717) is 16.8 Å². The van der Waals surface area contributed by atoms with Gasteiger partial charge in [-0.1, -0.05) is 29.4 Å². The van der Waals surface area contributed by atoms with Crippen LogP contribution in [0.5, 0.6) is 5.75 Å². The van der Waals surface area contributed by atoms with Crippen LogP contribution in [0.15, 0.2) is 47.6 Å². The lowest BCUT2D eigenvalue weighted by Gasteiger charge is -2.11. The Balaban J connectivity index is 2.35. The number of hydrogen-bond donors (Lipinski definition) is 4. The van der Waals surface area contributed by atoms with E-state index >= 15 is 0 Å². The number of phenols is 1. The number of para-hydroxylation sites is 2. The van der Waals surface area contributed by atoms with Gasteiger partial charge in [-0.05, 0) is 30.7 Å². The molecule has 0 radical (unpaired) electrons. The molecule has 2 rings (SSSR count). The van der Waals surface area contributed by atoms with Crippen LogP contribution in [-0.2, 0) is 0 Å². The molecule has 0 heterocycles. The van der Waals surface area contributed by atoms with Gasteiger partial charge in [-0.3, -0.25) is 4.79 Å². The van der Waals surface area contributed by atoms with Gasteiger partial charge in [0.15, 0.2) is 5.84 Å². The van der Waals surface area contributed by atoms with E-state index in [1.807, 2.05) is 0 Å². The standard InChI is InChI=1S/C15H15N3O3/c1-9-5-4-7-11(13(9)19)15(20)17-12-8-3-2-6-10(12)14(16)18-21/h2-8,19,21H,1H3,(H2,16,18)(H,17,20). The Morgan fingerprint density at radius 3 is 2.52 bits per heavy atom. The van der Waals surface area contributed by atoms with Crippen molar-refractivity contribution in [3.05, 3.63) is 59.2 Å². The SMILES string of the molecule is Cc1cccc(C(=O)Nc2ccccc2/C(N)=N/O)c1O. The van der Waals surface area contributed by atoms with Gasteiger partial charge in [0.1, 0.15) is 5.75 Å². The highest BCUT2D eigenvalue weighted by molar-refractivity contribution is 6.10. The van der Waals surface area contributed by atoms with Crippen LogP contribution in [0.25, 0.3) is 0 Å². The summed E-state index contributed by atoms with van der Waals surface area (Å²) in [5.74, 6) is -0.662. The van der Waals surface area contributed by atoms with Crippen LogP contribution in [0.1, 0.15) is 21.5 Å². The van der Waals surface area contributed by atoms with Crippen molar-refractivity contribution in [2.45, 2.75) is 6.92 Å². The Hall–Kier alpha value is -3.02. The number of anilines is 1. The molecule has 0 atom stereocenters. The largest absolute Gasteiger partial charge is 0.507 e. The second kappa shape index (κ2) is 5.96. The molecule has 0 fully saturated rings. The molecule has 1 amide bonds. The zero-order valence-corrected chi connectivity index (χ0v) is 11.4. The number of carbonyl (C=O) groups is 1. The van der Waals surface area contributed by atoms with Crippen LogP contribution in [0, 0.1) is 6.92 Å². The first-order valence-electron chi connectivity index (χ1n) is 6.21. The van der Waals surface area contributed by atoms with Crippen molar-refractivity contribution < 1.29 is 15.1 Å². The van der Waals surface area contributed by atoms with Gasteiger partial charge < -0.3 is 21.4 Å². The van der Waals surface area contributed by atoms with Gasteiger partial charge in [-0.25, -0.2) is 0 Å². The molecule has 0 unspecified atom stereocenters. The van der Waals surface area contributed by atoms with E-state index < -0.39 is 5.91 Å². The third-order valence-corrected chi connectivity index (χ3v) is 3.04. The first-order chi connectivity index (χ1) is 10.0. The number of nitrogens with zero attached hydrogens (tertiary/aromatic N) is 1. The predicted octanol–water partition coefficient (Wildman–Crippen LogP) is 2.05. The topological polar surface area (TPSA) is 108 Å². The Morgan fingerprint density at radius 1 is 1.14 bits per heavy atom. The van der Waals surface area contributed by atoms with Crippen LogP contribution in [-0.4, -0.2) is 22.1 Å². The summed E-state index contributed by atoms with van der Waals surface area (Å²) in [6.45, 7) is 1.70. The maximum absolute atomic E-state index is 12.2. The summed E-state index contributed by atoms with van der Waals surface area (Å²) in [5.41, 5.74) is 7.10. The highest BCUT2D eigenvalue weighted by atomic mass is 16.4. The first-order valence-corrected chi connectivity index (χ1v) is 6.21. The van der Waals surface area contributed by atoms with Crippen molar-refractivity contribution in [3.63, 3.8) is 0 Å². The van der Waals surface area contributed by atoms with Crippen molar-refractivity contribution in [1.82, 2.24) is 0 Å². The highest BCUT2D eigenvalue weighted by Crippen LogP contribution is 2.23. The number of amides is 1. The van der Waals surface area contributed by atoms with E-state index in [-0.39, 0.29) is 17.1 Å². The number of benzene rings is 2. The molecule has 0 aliphatic heterocycles. The number of oxime groups is 1. The molecule has 0 saturated heterocycles. The Bertz CT molecular complexity index is 711. The zero-order chi connectivity index (χ0) is 15.4. The molecule has 0 aliphatic rings. The Kier molecular flexibility index (Phi) is 4.08. The lowest BCUT2D eigenvalue weighted by molar-refractivity contribution is 0.102. The number of aromatic hydroxyl groups is 1. The summed E-state index contributed by atoms with van der Waals surface area (Å²) < 4.78 is 0. The number of rotatable bonds is 3. The third-order valence-electron chi connectivity index (χ3n) is 3.04. The maximum atomic E-state index is 12.2. The molecule has 108 valence electrons. The van der Waals surface area contributed by atoms with E-state index in [2.05, 4.69) is 10.5 Å². The molecule has 0 aromatic heterocycles. The quantitative estimate of drug-likeness (QED) is 0.299. The normalized spacial score (nSPS) is 11.2. The van der Waals surface area contributed by atoms with Crippen LogP contribution >= 0.6 is 0 Å². The molecule has 2 aromatic carbocycles. The Morgan fingerprint density at radius 2 is 1.81 bits per heavy atom. The number of amidine groups is 1. The van der Waals surface area contributed by atoms with Crippen molar-refractivity contribution in [2.24, 2.45) is 10.9 Å². The van der Waals surface area contributed by atoms with Gasteiger partial charge in [-0.2, -0.15) is 0 Å². The fourth-order valence-electron chi connectivity index (χ4n) is 1.90. The smallest absolute Gasteiger partial charge is 0.259 e. The van der Waals surface area contributed by atoms with Gasteiger partial charge in [0.2, 0.25) is 0 Å². The number of carbonyl (C=O) groups excluding carboxylic acids is 1. The molecular weight excluding hydrogens is 270 g/mol. The summed E-state index contributed by atoms with van der Waals surface area (Å²) >= 11 is 0. The summed E-state index contributed by atoms with van der Waals surface area (Å²) in [6.07, 6.45) is 0. The highest BCUT2D eigenvalue weighted by Gasteiger charge is 2.15. The molecule has 0 bridgehead atoms. The van der Waals surface area contributed by atoms with Crippen LogP contribution < -0.4 is 11.1 Å². The molecule has 5 N–H and O–H groups in total. The molecule has 0 saturated carbocycles. The lowest BCUT2D eigenvalue weighted by Crippen LogP contribution is -2.19. The van der Waals surface area contributed by atoms with Gasteiger partial charge >= 0.3 is 0 Å². The minimum atomic E-state index is -0.477. The minimum Gasteiger partial charge on any atom is -0.507 e. The molecule has 6 nitrogen and oxygen atoms in total. The number of nitrogens with one attached hydrogen (secondary N) is 1. The lowest BCUT2D eigenvalue weighted by atomic mass is 10.1. The third kappa shape index (κ3) is 2.94. The Labute approximate surface area is 121 Å². The van der Waals surface area contributed by atoms with Crippen molar-refractivity contribution in [1.29, 1.82) is 0 Å². The van der Waals surface area contributed by atoms with Gasteiger partial charge in [-0.15, -0.1) is 0 Å². The van der Waals surface area contributed by atoms with E-state index in [1.165, 1.54) is 6.07 Å². The summed E-state index contributed by atoms with van der Waals surface area (Å²) in [5, 5.41) is 24.2. The fraction of sp³-hybridized carbons (Fsp3) is 0.0667. The fourth-order valence-corrected chi connectivity index (χ4v) is 1.90. The number of phenolic OH excluding ortho intramolecular Hbond substituents is 1. The summed E-state index contributed by atoms with van der Waals surface area (Å²) in [4.78, 5) is 12.2. The van der Waals surface area contributed by atoms with Crippen LogP contribution in [0.3, 0.4) is 0 Å². The predicted molar refractivity (Wildman–Crippen MR) is 79.7 cm³/mol. The number of aryl methyl sites for hydroxylation is 1. The molecular formula is C15H15N3O3. The summed E-state index contributed by atoms with van der Waals surface area (Å²) in [6, 6.07) is 11.5. The second-order valence-electron chi connectivity index (χ2n) is 4.46. The zero-order valence-electron chi connectivity index (χ0n) is 11.4. The maximum Gasteiger partial charge on any atom is 0.259 e. The average Bonchev–Trinajstić information content (AvgIpc) is 2.49. The van der Waals surface area contributed by atoms with Crippen molar-refractivity contribution in [3.8, 4) is 5.75 Å². The van der Waals surface area contributed by atoms with E-state index in [0.717, 1.165) is 0 Å². The number of nitrogens with two attached hydrogens (primary N) is 1. The van der Waals surface area contributed by atoms with Crippen molar-refractivity contribution in [2.75, 3.05) is 5.32 Å². The second-order valence-corrected chi connectivity index (χ2v) is 4.46. The van der Waals surface area contributed by atoms with Crippen LogP contribution in [0.4, 0.5) is 5.69 Å². The van der Waals surface area contributed by atoms with Crippen LogP contribution in [0.2, 0.25) is 0 Å². The van der Waals surface area contributed by atoms with E-state index in [1.54, 1.807) is 43.3 Å². The molecule has 0 aliphatic carbocycles. The summed E-state index contributed by atoms with van der Waals surface area (Å²) in [7, 11) is 0. The van der Waals surface area contributed by atoms with Gasteiger partial charge in [0.25, 0.3) is 5.91 Å². The van der Waals surface area contributed by atoms with Gasteiger partial charge in [0.05, 0.1) is 11.3 Å². The monoisotopic (exact) mass is 285 g/mol. The number of hydrogen-bond acceptors (Lipinski definition) is 4. The van der Waals surface area contributed by atoms with E-state index in [9.17, 15) is 9.90 Å². The van der Waals surface area contributed by atoms with Crippen molar-refractivity contribution >= 4 is 17.4 Å². The first kappa shape index (κ1) is 14.4. The van der Waals surface area contributed by atoms with Gasteiger partial charge in [0, 0.05) is 5.56 Å². The minimum absolute atomic E-state index is 0.0729. The molecule has 6 heteroatoms. The average molecular weight is 285 g/mol.